The average Bonchev–Trinajstić information content (AvgIpc) is 2.67. The van der Waals surface area contributed by atoms with Crippen LogP contribution in [0.25, 0.3) is 0 Å². The van der Waals surface area contributed by atoms with Crippen molar-refractivity contribution in [3.05, 3.63) is 48.0 Å². The molecule has 0 amide bonds. The van der Waals surface area contributed by atoms with Gasteiger partial charge in [-0.1, -0.05) is 30.3 Å². The number of aliphatic imine (C=N–C) groups is 1. The molecule has 0 aromatic heterocycles. The molecule has 0 fully saturated rings. The quantitative estimate of drug-likeness (QED) is 0.554. The minimum absolute atomic E-state index is 0.379. The Morgan fingerprint density at radius 3 is 2.67 bits per heavy atom. The lowest BCUT2D eigenvalue weighted by Crippen LogP contribution is -2.01. The van der Waals surface area contributed by atoms with Crippen molar-refractivity contribution >= 4 is 12.2 Å². The first kappa shape index (κ1) is 9.65. The van der Waals surface area contributed by atoms with Crippen molar-refractivity contribution in [1.82, 2.24) is 0 Å². The fourth-order valence-electron chi connectivity index (χ4n) is 1.44. The first-order valence-corrected chi connectivity index (χ1v) is 4.73. The summed E-state index contributed by atoms with van der Waals surface area (Å²) in [4.78, 5) is 14.8. The van der Waals surface area contributed by atoms with Gasteiger partial charge in [0.05, 0.1) is 0 Å². The van der Waals surface area contributed by atoms with E-state index in [0.717, 1.165) is 12.0 Å². The van der Waals surface area contributed by atoms with Gasteiger partial charge in [-0.05, 0) is 12.0 Å². The van der Waals surface area contributed by atoms with Gasteiger partial charge in [0.1, 0.15) is 6.21 Å². The summed E-state index contributed by atoms with van der Waals surface area (Å²) in [6, 6.07) is 7.80. The Balaban J connectivity index is 2.13. The summed E-state index contributed by atoms with van der Waals surface area (Å²) in [6.07, 6.45) is 3.44. The lowest BCUT2D eigenvalue weighted by Gasteiger charge is -2.07. The molecular formula is C12H11NO2. The molecule has 76 valence electrons. The molecule has 1 aromatic carbocycles. The fourth-order valence-corrected chi connectivity index (χ4v) is 1.44. The third-order valence-corrected chi connectivity index (χ3v) is 2.19. The van der Waals surface area contributed by atoms with Crippen molar-refractivity contribution in [2.45, 2.75) is 12.6 Å². The molecule has 0 aliphatic carbocycles. The van der Waals surface area contributed by atoms with E-state index in [1.165, 1.54) is 11.8 Å². The molecule has 15 heavy (non-hydrogen) atoms. The van der Waals surface area contributed by atoms with Crippen LogP contribution in [0.3, 0.4) is 0 Å². The highest BCUT2D eigenvalue weighted by atomic mass is 16.6. The van der Waals surface area contributed by atoms with E-state index in [4.69, 9.17) is 4.74 Å². The molecular weight excluding hydrogens is 190 g/mol. The molecule has 3 nitrogen and oxygen atoms in total. The van der Waals surface area contributed by atoms with Gasteiger partial charge in [-0.25, -0.2) is 9.79 Å². The van der Waals surface area contributed by atoms with E-state index in [2.05, 4.69) is 11.6 Å². The molecule has 0 saturated heterocycles. The molecule has 0 saturated carbocycles. The lowest BCUT2D eigenvalue weighted by atomic mass is 10.1. The molecule has 1 unspecified atom stereocenters. The van der Waals surface area contributed by atoms with E-state index in [0.29, 0.717) is 0 Å². The van der Waals surface area contributed by atoms with E-state index < -0.39 is 6.23 Å². The van der Waals surface area contributed by atoms with Crippen LogP contribution in [0.4, 0.5) is 0 Å². The smallest absolute Gasteiger partial charge is 0.351 e. The Bertz CT molecular complexity index is 406. The number of ether oxygens (including phenoxy) is 1. The van der Waals surface area contributed by atoms with E-state index in [-0.39, 0.29) is 5.97 Å². The number of benzene rings is 1. The Labute approximate surface area is 88.1 Å². The van der Waals surface area contributed by atoms with Gasteiger partial charge in [0, 0.05) is 5.56 Å². The highest BCUT2D eigenvalue weighted by Crippen LogP contribution is 2.22. The van der Waals surface area contributed by atoms with Crippen LogP contribution in [0.1, 0.15) is 17.4 Å². The number of esters is 1. The summed E-state index contributed by atoms with van der Waals surface area (Å²) >= 11 is 0. The molecule has 1 aliphatic rings. The second-order valence-electron chi connectivity index (χ2n) is 3.30. The summed E-state index contributed by atoms with van der Waals surface area (Å²) in [5.74, 6) is -0.379. The number of hydrogen-bond acceptors (Lipinski definition) is 3. The van der Waals surface area contributed by atoms with Gasteiger partial charge in [-0.2, -0.15) is 0 Å². The molecule has 0 bridgehead atoms. The Morgan fingerprint density at radius 2 is 2.13 bits per heavy atom. The highest BCUT2D eigenvalue weighted by molar-refractivity contribution is 6.24. The number of carbonyl (C=O) groups excluding carboxylic acids is 1. The van der Waals surface area contributed by atoms with Crippen LogP contribution in [0, 0.1) is 0 Å². The van der Waals surface area contributed by atoms with Gasteiger partial charge < -0.3 is 4.74 Å². The third-order valence-electron chi connectivity index (χ3n) is 2.19. The van der Waals surface area contributed by atoms with Crippen LogP contribution in [0.15, 0.2) is 41.9 Å². The largest absolute Gasteiger partial charge is 0.431 e. The zero-order valence-corrected chi connectivity index (χ0v) is 8.22. The second-order valence-corrected chi connectivity index (χ2v) is 3.30. The summed E-state index contributed by atoms with van der Waals surface area (Å²) in [7, 11) is 0. The average molecular weight is 201 g/mol. The first-order valence-electron chi connectivity index (χ1n) is 4.73. The highest BCUT2D eigenvalue weighted by Gasteiger charge is 2.19. The Morgan fingerprint density at radius 1 is 1.40 bits per heavy atom. The number of rotatable bonds is 3. The maximum absolute atomic E-state index is 10.8. The maximum Gasteiger partial charge on any atom is 0.351 e. The van der Waals surface area contributed by atoms with Gasteiger partial charge in [-0.3, -0.25) is 0 Å². The third kappa shape index (κ3) is 2.13. The Hall–Kier alpha value is -1.90. The molecule has 0 radical (unpaired) electrons. The Kier molecular flexibility index (Phi) is 2.63. The predicted octanol–water partition coefficient (Wildman–Crippen LogP) is 2.04. The SMILES string of the molecule is C=CCc1ccc(C2N=CC(=O)O2)cc1. The number of hydrogen-bond donors (Lipinski definition) is 0. The first-order chi connectivity index (χ1) is 7.29. The molecule has 2 rings (SSSR count). The number of cyclic esters (lactones) is 1. The van der Waals surface area contributed by atoms with Crippen molar-refractivity contribution in [3.63, 3.8) is 0 Å². The van der Waals surface area contributed by atoms with Gasteiger partial charge >= 0.3 is 5.97 Å². The molecule has 1 atom stereocenters. The van der Waals surface area contributed by atoms with Crippen molar-refractivity contribution < 1.29 is 9.53 Å². The zero-order valence-electron chi connectivity index (χ0n) is 8.22. The number of nitrogens with zero attached hydrogens (tertiary/aromatic N) is 1. The van der Waals surface area contributed by atoms with Crippen LogP contribution < -0.4 is 0 Å². The molecule has 1 heterocycles. The van der Waals surface area contributed by atoms with Gasteiger partial charge in [-0.15, -0.1) is 6.58 Å². The second kappa shape index (κ2) is 4.09. The summed E-state index contributed by atoms with van der Waals surface area (Å²) < 4.78 is 4.97. The zero-order chi connectivity index (χ0) is 10.7. The van der Waals surface area contributed by atoms with Crippen molar-refractivity contribution in [2.24, 2.45) is 4.99 Å². The van der Waals surface area contributed by atoms with Crippen LogP contribution in [-0.2, 0) is 16.0 Å². The topological polar surface area (TPSA) is 38.7 Å². The normalized spacial score (nSPS) is 18.9. The fraction of sp³-hybridized carbons (Fsp3) is 0.167. The van der Waals surface area contributed by atoms with Crippen LogP contribution >= 0.6 is 0 Å². The number of carbonyl (C=O) groups is 1. The summed E-state index contributed by atoms with van der Waals surface area (Å²) in [5, 5.41) is 0. The van der Waals surface area contributed by atoms with Crippen molar-refractivity contribution in [2.75, 3.05) is 0 Å². The number of allylic oxidation sites excluding steroid dienone is 1. The molecule has 1 aromatic rings. The van der Waals surface area contributed by atoms with Crippen molar-refractivity contribution in [1.29, 1.82) is 0 Å². The monoisotopic (exact) mass is 201 g/mol. The molecule has 0 spiro atoms. The summed E-state index contributed by atoms with van der Waals surface area (Å²) in [6.45, 7) is 3.67. The van der Waals surface area contributed by atoms with Crippen LogP contribution in [0.2, 0.25) is 0 Å². The van der Waals surface area contributed by atoms with Gasteiger partial charge in [0.2, 0.25) is 6.23 Å². The van der Waals surface area contributed by atoms with E-state index in [1.54, 1.807) is 0 Å². The maximum atomic E-state index is 10.8. The lowest BCUT2D eigenvalue weighted by molar-refractivity contribution is -0.137. The van der Waals surface area contributed by atoms with Crippen molar-refractivity contribution in [3.8, 4) is 0 Å². The van der Waals surface area contributed by atoms with E-state index in [9.17, 15) is 4.79 Å². The molecule has 0 N–H and O–H groups in total. The summed E-state index contributed by atoms with van der Waals surface area (Å²) in [5.41, 5.74) is 2.08. The van der Waals surface area contributed by atoms with Crippen LogP contribution in [0.5, 0.6) is 0 Å². The molecule has 3 heteroatoms. The standard InChI is InChI=1S/C12H11NO2/c1-2-3-9-4-6-10(7-5-9)12-13-8-11(14)15-12/h2,4-8,12H,1,3H2. The minimum atomic E-state index is -0.463. The molecule has 1 aliphatic heterocycles. The van der Waals surface area contributed by atoms with Gasteiger partial charge in [0.15, 0.2) is 0 Å². The van der Waals surface area contributed by atoms with Crippen LogP contribution in [-0.4, -0.2) is 12.2 Å². The minimum Gasteiger partial charge on any atom is -0.431 e. The van der Waals surface area contributed by atoms with E-state index >= 15 is 0 Å². The van der Waals surface area contributed by atoms with E-state index in [1.807, 2.05) is 30.3 Å². The van der Waals surface area contributed by atoms with Gasteiger partial charge in [0.25, 0.3) is 0 Å². The predicted molar refractivity (Wildman–Crippen MR) is 57.7 cm³/mol.